The fourth-order valence-corrected chi connectivity index (χ4v) is 3.08. The Morgan fingerprint density at radius 2 is 1.96 bits per heavy atom. The van der Waals surface area contributed by atoms with Crippen molar-refractivity contribution < 1.29 is 9.90 Å². The second kappa shape index (κ2) is 6.75. The van der Waals surface area contributed by atoms with Crippen LogP contribution in [0.25, 0.3) is 10.8 Å². The molecule has 3 rings (SSSR count). The highest BCUT2D eigenvalue weighted by Gasteiger charge is 2.15. The second-order valence-electron chi connectivity index (χ2n) is 5.28. The summed E-state index contributed by atoms with van der Waals surface area (Å²) in [5, 5.41) is 24.0. The van der Waals surface area contributed by atoms with Gasteiger partial charge in [0.05, 0.1) is 5.56 Å². The van der Waals surface area contributed by atoms with Gasteiger partial charge in [0.25, 0.3) is 5.91 Å². The van der Waals surface area contributed by atoms with Crippen molar-refractivity contribution in [1.29, 1.82) is 0 Å². The number of carbonyl (C=O) groups excluding carboxylic acids is 1. The number of hydrogen-bond donors (Lipinski definition) is 2. The summed E-state index contributed by atoms with van der Waals surface area (Å²) in [4.78, 5) is 12.4. The predicted octanol–water partition coefficient (Wildman–Crippen LogP) is 3.99. The third kappa shape index (κ3) is 3.48. The minimum atomic E-state index is -0.383. The van der Waals surface area contributed by atoms with E-state index in [2.05, 4.69) is 22.4 Å². The van der Waals surface area contributed by atoms with Crippen molar-refractivity contribution in [2.24, 2.45) is 0 Å². The molecule has 118 valence electrons. The summed E-state index contributed by atoms with van der Waals surface area (Å²) in [5.74, 6) is -0.427. The lowest BCUT2D eigenvalue weighted by Crippen LogP contribution is -2.12. The Morgan fingerprint density at radius 1 is 1.22 bits per heavy atom. The molecule has 1 heterocycles. The van der Waals surface area contributed by atoms with Crippen LogP contribution < -0.4 is 5.32 Å². The number of aromatic hydroxyl groups is 1. The van der Waals surface area contributed by atoms with Crippen molar-refractivity contribution in [1.82, 2.24) is 10.2 Å². The maximum absolute atomic E-state index is 12.4. The second-order valence-corrected chi connectivity index (χ2v) is 6.34. The number of carbonyl (C=O) groups is 1. The number of fused-ring (bicyclic) bond motifs is 1. The first-order chi connectivity index (χ1) is 11.2. The Hall–Kier alpha value is -2.47. The van der Waals surface area contributed by atoms with Gasteiger partial charge in [-0.3, -0.25) is 10.1 Å². The van der Waals surface area contributed by atoms with Gasteiger partial charge < -0.3 is 5.11 Å². The number of anilines is 1. The number of phenols is 1. The van der Waals surface area contributed by atoms with Crippen LogP contribution in [0.3, 0.4) is 0 Å². The van der Waals surface area contributed by atoms with Crippen LogP contribution in [-0.4, -0.2) is 21.2 Å². The molecule has 0 aliphatic carbocycles. The summed E-state index contributed by atoms with van der Waals surface area (Å²) < 4.78 is 0. The van der Waals surface area contributed by atoms with Crippen molar-refractivity contribution in [3.8, 4) is 5.75 Å². The quantitative estimate of drug-likeness (QED) is 0.743. The van der Waals surface area contributed by atoms with Gasteiger partial charge in [0.2, 0.25) is 5.13 Å². The number of amides is 1. The Balaban J connectivity index is 1.80. The summed E-state index contributed by atoms with van der Waals surface area (Å²) in [6.45, 7) is 2.12. The molecule has 3 aromatic rings. The summed E-state index contributed by atoms with van der Waals surface area (Å²) in [7, 11) is 0. The molecule has 1 aromatic heterocycles. The van der Waals surface area contributed by atoms with Crippen LogP contribution in [0.15, 0.2) is 36.4 Å². The number of phenolic OH excluding ortho intramolecular Hbond substituents is 1. The van der Waals surface area contributed by atoms with Crippen molar-refractivity contribution >= 4 is 33.1 Å². The first-order valence-electron chi connectivity index (χ1n) is 7.53. The van der Waals surface area contributed by atoms with E-state index < -0.39 is 0 Å². The van der Waals surface area contributed by atoms with Gasteiger partial charge in [0.15, 0.2) is 0 Å². The average Bonchev–Trinajstić information content (AvgIpc) is 2.99. The zero-order chi connectivity index (χ0) is 16.2. The number of rotatable bonds is 5. The van der Waals surface area contributed by atoms with Crippen LogP contribution in [0.1, 0.15) is 35.1 Å². The number of unbranched alkanes of at least 4 members (excludes halogenated alkanes) is 1. The summed E-state index contributed by atoms with van der Waals surface area (Å²) in [5.41, 5.74) is 0.231. The topological polar surface area (TPSA) is 75.1 Å². The molecule has 6 heteroatoms. The SMILES string of the molecule is CCCCc1nnc(NC(=O)c2cc3ccccc3cc2O)s1. The van der Waals surface area contributed by atoms with Gasteiger partial charge in [-0.25, -0.2) is 0 Å². The van der Waals surface area contributed by atoms with E-state index >= 15 is 0 Å². The molecule has 0 saturated carbocycles. The number of nitrogens with zero attached hydrogens (tertiary/aromatic N) is 2. The van der Waals surface area contributed by atoms with E-state index in [0.29, 0.717) is 5.13 Å². The van der Waals surface area contributed by atoms with E-state index in [9.17, 15) is 9.90 Å². The molecule has 5 nitrogen and oxygen atoms in total. The van der Waals surface area contributed by atoms with Crippen LogP contribution in [0.4, 0.5) is 5.13 Å². The maximum Gasteiger partial charge on any atom is 0.261 e. The molecule has 0 fully saturated rings. The van der Waals surface area contributed by atoms with E-state index in [1.165, 1.54) is 11.3 Å². The molecular formula is C17H17N3O2S. The number of hydrogen-bond acceptors (Lipinski definition) is 5. The summed E-state index contributed by atoms with van der Waals surface area (Å²) >= 11 is 1.37. The molecule has 1 amide bonds. The van der Waals surface area contributed by atoms with Crippen LogP contribution in [-0.2, 0) is 6.42 Å². The Morgan fingerprint density at radius 3 is 2.70 bits per heavy atom. The largest absolute Gasteiger partial charge is 0.507 e. The average molecular weight is 327 g/mol. The van der Waals surface area contributed by atoms with Crippen molar-refractivity contribution in [3.63, 3.8) is 0 Å². The molecule has 2 aromatic carbocycles. The van der Waals surface area contributed by atoms with E-state index in [-0.39, 0.29) is 17.2 Å². The lowest BCUT2D eigenvalue weighted by molar-refractivity contribution is 0.102. The van der Waals surface area contributed by atoms with Gasteiger partial charge in [0.1, 0.15) is 10.8 Å². The molecule has 0 aliphatic rings. The molecule has 0 radical (unpaired) electrons. The predicted molar refractivity (Wildman–Crippen MR) is 92.1 cm³/mol. The minimum absolute atomic E-state index is 0.0445. The first kappa shape index (κ1) is 15.4. The number of aromatic nitrogens is 2. The Bertz CT molecular complexity index is 845. The van der Waals surface area contributed by atoms with Crippen LogP contribution in [0.2, 0.25) is 0 Å². The standard InChI is InChI=1S/C17H17N3O2S/c1-2-3-8-15-19-20-17(23-15)18-16(22)13-9-11-6-4-5-7-12(11)10-14(13)21/h4-7,9-10,21H,2-3,8H2,1H3,(H,18,20,22). The Labute approximate surface area is 138 Å². The third-order valence-electron chi connectivity index (χ3n) is 3.54. The van der Waals surface area contributed by atoms with Gasteiger partial charge in [-0.05, 0) is 29.3 Å². The van der Waals surface area contributed by atoms with Gasteiger partial charge >= 0.3 is 0 Å². The van der Waals surface area contributed by atoms with Crippen LogP contribution in [0, 0.1) is 0 Å². The number of nitrogens with one attached hydrogen (secondary N) is 1. The lowest BCUT2D eigenvalue weighted by Gasteiger charge is -2.06. The van der Waals surface area contributed by atoms with Crippen molar-refractivity contribution in [2.75, 3.05) is 5.32 Å². The zero-order valence-corrected chi connectivity index (χ0v) is 13.6. The number of benzene rings is 2. The highest BCUT2D eigenvalue weighted by molar-refractivity contribution is 7.15. The smallest absolute Gasteiger partial charge is 0.261 e. The molecule has 23 heavy (non-hydrogen) atoms. The van der Waals surface area contributed by atoms with E-state index in [0.717, 1.165) is 35.0 Å². The molecule has 0 spiro atoms. The van der Waals surface area contributed by atoms with Gasteiger partial charge in [-0.15, -0.1) is 10.2 Å². The zero-order valence-electron chi connectivity index (χ0n) is 12.7. The molecule has 0 atom stereocenters. The Kier molecular flexibility index (Phi) is 4.52. The van der Waals surface area contributed by atoms with Crippen molar-refractivity contribution in [3.05, 3.63) is 47.0 Å². The van der Waals surface area contributed by atoms with E-state index in [1.54, 1.807) is 12.1 Å². The van der Waals surface area contributed by atoms with E-state index in [1.807, 2.05) is 24.3 Å². The van der Waals surface area contributed by atoms with E-state index in [4.69, 9.17) is 0 Å². The van der Waals surface area contributed by atoms with Gasteiger partial charge in [0, 0.05) is 6.42 Å². The van der Waals surface area contributed by atoms with Crippen LogP contribution >= 0.6 is 11.3 Å². The van der Waals surface area contributed by atoms with Crippen molar-refractivity contribution in [2.45, 2.75) is 26.2 Å². The lowest BCUT2D eigenvalue weighted by atomic mass is 10.1. The first-order valence-corrected chi connectivity index (χ1v) is 8.34. The molecule has 0 saturated heterocycles. The minimum Gasteiger partial charge on any atom is -0.507 e. The summed E-state index contributed by atoms with van der Waals surface area (Å²) in [6.07, 6.45) is 3.01. The highest BCUT2D eigenvalue weighted by Crippen LogP contribution is 2.26. The monoisotopic (exact) mass is 327 g/mol. The van der Waals surface area contributed by atoms with Crippen LogP contribution in [0.5, 0.6) is 5.75 Å². The fourth-order valence-electron chi connectivity index (χ4n) is 2.31. The maximum atomic E-state index is 12.4. The molecule has 2 N–H and O–H groups in total. The fraction of sp³-hybridized carbons (Fsp3) is 0.235. The van der Waals surface area contributed by atoms with Gasteiger partial charge in [-0.1, -0.05) is 48.9 Å². The molecular weight excluding hydrogens is 310 g/mol. The third-order valence-corrected chi connectivity index (χ3v) is 4.44. The molecule has 0 aliphatic heterocycles. The van der Waals surface area contributed by atoms with Gasteiger partial charge in [-0.2, -0.15) is 0 Å². The number of aryl methyl sites for hydroxylation is 1. The molecule has 0 bridgehead atoms. The highest BCUT2D eigenvalue weighted by atomic mass is 32.1. The molecule has 0 unspecified atom stereocenters. The summed E-state index contributed by atoms with van der Waals surface area (Å²) in [6, 6.07) is 10.9. The normalized spacial score (nSPS) is 10.8.